The largest absolute Gasteiger partial charge is 0.443 e. The molecule has 0 aliphatic carbocycles. The van der Waals surface area contributed by atoms with E-state index in [1.165, 1.54) is 18.9 Å². The molecule has 0 radical (unpaired) electrons. The van der Waals surface area contributed by atoms with Crippen LogP contribution in [-0.4, -0.2) is 72.2 Å². The number of aromatic nitrogens is 6. The minimum Gasteiger partial charge on any atom is -0.443 e. The predicted molar refractivity (Wildman–Crippen MR) is 150 cm³/mol. The summed E-state index contributed by atoms with van der Waals surface area (Å²) in [4.78, 5) is 41.1. The van der Waals surface area contributed by atoms with Crippen molar-refractivity contribution >= 4 is 23.1 Å². The summed E-state index contributed by atoms with van der Waals surface area (Å²) in [5.41, 5.74) is 10.6. The zero-order valence-corrected chi connectivity index (χ0v) is 22.4. The summed E-state index contributed by atoms with van der Waals surface area (Å²) in [7, 11) is 2.19. The number of hydrogen-bond acceptors (Lipinski definition) is 10. The highest BCUT2D eigenvalue weighted by atomic mass is 16.3. The number of hydrogen-bond donors (Lipinski definition) is 1. The van der Waals surface area contributed by atoms with Crippen LogP contribution in [0.5, 0.6) is 0 Å². The van der Waals surface area contributed by atoms with Gasteiger partial charge in [0, 0.05) is 60.9 Å². The molecule has 2 aliphatic rings. The highest BCUT2D eigenvalue weighted by Crippen LogP contribution is 2.33. The van der Waals surface area contributed by atoms with Gasteiger partial charge in [-0.1, -0.05) is 6.07 Å². The van der Waals surface area contributed by atoms with Crippen molar-refractivity contribution in [2.24, 2.45) is 0 Å². The molecule has 11 heteroatoms. The molecule has 2 bridgehead atoms. The third-order valence-corrected chi connectivity index (χ3v) is 7.99. The topological polar surface area (TPSA) is 132 Å². The Balaban J connectivity index is 1.17. The minimum absolute atomic E-state index is 0.0424. The maximum atomic E-state index is 13.4. The van der Waals surface area contributed by atoms with E-state index in [2.05, 4.69) is 37.9 Å². The molecule has 5 aromatic heterocycles. The Morgan fingerprint density at radius 3 is 2.75 bits per heavy atom. The maximum absolute atomic E-state index is 13.4. The number of anilines is 2. The van der Waals surface area contributed by atoms with Crippen LogP contribution in [0, 0.1) is 6.92 Å². The molecule has 202 valence electrons. The lowest BCUT2D eigenvalue weighted by atomic mass is 10.1. The van der Waals surface area contributed by atoms with Gasteiger partial charge in [0.05, 0.1) is 6.20 Å². The monoisotopic (exact) mass is 535 g/mol. The molecule has 0 amide bonds. The number of nitrogens with zero attached hydrogens (tertiary/aromatic N) is 8. The van der Waals surface area contributed by atoms with Crippen molar-refractivity contribution in [1.29, 1.82) is 0 Å². The molecular formula is C29H29N9O2. The number of nitrogen functional groups attached to an aromatic ring is 1. The number of aryl methyl sites for hydroxylation is 2. The van der Waals surface area contributed by atoms with E-state index in [0.29, 0.717) is 29.9 Å². The molecule has 2 atom stereocenters. The minimum atomic E-state index is -0.195. The van der Waals surface area contributed by atoms with Crippen LogP contribution in [0.25, 0.3) is 28.5 Å². The van der Waals surface area contributed by atoms with Gasteiger partial charge in [0.2, 0.25) is 5.89 Å². The van der Waals surface area contributed by atoms with Crippen LogP contribution in [0.4, 0.5) is 11.6 Å². The Labute approximate surface area is 230 Å². The number of rotatable bonds is 7. The fraction of sp³-hybridized carbons (Fsp3) is 0.310. The van der Waals surface area contributed by atoms with Crippen LogP contribution in [0.1, 0.15) is 34.7 Å². The number of carbonyl (C=O) groups excluding carboxylic acids is 1. The number of likely N-dealkylation sites (tertiary alicyclic amines) is 1. The number of nitrogens with two attached hydrogens (primary N) is 1. The molecular weight excluding hydrogens is 506 g/mol. The SMILES string of the molecule is Cc1cnc2ccc(-c3nc(C(=O)CCc4cccc(N5C[C@@H]6C[C@H]5CN6C)n4)c(N)nc3-c3ncco3)cn12. The van der Waals surface area contributed by atoms with Crippen LogP contribution in [0.3, 0.4) is 0 Å². The van der Waals surface area contributed by atoms with Gasteiger partial charge in [0.15, 0.2) is 17.3 Å². The summed E-state index contributed by atoms with van der Waals surface area (Å²) >= 11 is 0. The normalized spacial score (nSPS) is 18.7. The fourth-order valence-electron chi connectivity index (χ4n) is 5.86. The molecule has 7 rings (SSSR count). The van der Waals surface area contributed by atoms with E-state index in [0.717, 1.165) is 41.5 Å². The number of pyridine rings is 2. The van der Waals surface area contributed by atoms with Gasteiger partial charge < -0.3 is 19.5 Å². The zero-order valence-electron chi connectivity index (χ0n) is 22.4. The first-order valence-corrected chi connectivity index (χ1v) is 13.4. The molecule has 2 saturated heterocycles. The zero-order chi connectivity index (χ0) is 27.4. The fourth-order valence-corrected chi connectivity index (χ4v) is 5.86. The van der Waals surface area contributed by atoms with Crippen molar-refractivity contribution in [3.8, 4) is 22.8 Å². The van der Waals surface area contributed by atoms with Crippen molar-refractivity contribution in [2.45, 2.75) is 38.3 Å². The number of carbonyl (C=O) groups is 1. The Morgan fingerprint density at radius 1 is 1.07 bits per heavy atom. The molecule has 2 aliphatic heterocycles. The van der Waals surface area contributed by atoms with Crippen molar-refractivity contribution < 1.29 is 9.21 Å². The van der Waals surface area contributed by atoms with Crippen LogP contribution < -0.4 is 10.6 Å². The van der Waals surface area contributed by atoms with E-state index in [9.17, 15) is 4.79 Å². The summed E-state index contributed by atoms with van der Waals surface area (Å²) in [5.74, 6) is 1.10. The van der Waals surface area contributed by atoms with Crippen molar-refractivity contribution in [2.75, 3.05) is 30.8 Å². The summed E-state index contributed by atoms with van der Waals surface area (Å²) in [6.45, 7) is 4.02. The van der Waals surface area contributed by atoms with E-state index in [-0.39, 0.29) is 29.6 Å². The second-order valence-corrected chi connectivity index (χ2v) is 10.6. The molecule has 2 N–H and O–H groups in total. The molecule has 0 saturated carbocycles. The van der Waals surface area contributed by atoms with Crippen LogP contribution >= 0.6 is 0 Å². The number of Topliss-reactive ketones (excluding diaryl/α,β-unsaturated/α-hetero) is 1. The second-order valence-electron chi connectivity index (χ2n) is 10.6. The first-order chi connectivity index (χ1) is 19.4. The van der Waals surface area contributed by atoms with Crippen LogP contribution in [0.2, 0.25) is 0 Å². The van der Waals surface area contributed by atoms with Crippen molar-refractivity contribution in [1.82, 2.24) is 34.2 Å². The second kappa shape index (κ2) is 9.53. The Hall–Kier alpha value is -4.64. The first kappa shape index (κ1) is 24.4. The molecule has 2 fully saturated rings. The number of ketones is 1. The van der Waals surface area contributed by atoms with Gasteiger partial charge >= 0.3 is 0 Å². The van der Waals surface area contributed by atoms with Gasteiger partial charge in [-0.05, 0) is 51.1 Å². The molecule has 40 heavy (non-hydrogen) atoms. The molecule has 0 unspecified atom stereocenters. The van der Waals surface area contributed by atoms with Gasteiger partial charge in [0.1, 0.15) is 29.1 Å². The third kappa shape index (κ3) is 4.19. The van der Waals surface area contributed by atoms with Gasteiger partial charge in [-0.2, -0.15) is 0 Å². The van der Waals surface area contributed by atoms with Gasteiger partial charge in [-0.25, -0.2) is 24.9 Å². The average Bonchev–Trinajstić information content (AvgIpc) is 3.77. The van der Waals surface area contributed by atoms with E-state index in [4.69, 9.17) is 20.1 Å². The number of piperazine rings is 1. The van der Waals surface area contributed by atoms with Gasteiger partial charge in [-0.3, -0.25) is 9.69 Å². The van der Waals surface area contributed by atoms with Crippen molar-refractivity contribution in [3.05, 3.63) is 72.3 Å². The third-order valence-electron chi connectivity index (χ3n) is 7.99. The Kier molecular flexibility index (Phi) is 5.81. The predicted octanol–water partition coefficient (Wildman–Crippen LogP) is 3.44. The van der Waals surface area contributed by atoms with E-state index in [1.54, 1.807) is 6.20 Å². The Bertz CT molecular complexity index is 1730. The maximum Gasteiger partial charge on any atom is 0.247 e. The summed E-state index contributed by atoms with van der Waals surface area (Å²) < 4.78 is 7.48. The van der Waals surface area contributed by atoms with Crippen LogP contribution in [-0.2, 0) is 6.42 Å². The van der Waals surface area contributed by atoms with E-state index >= 15 is 0 Å². The summed E-state index contributed by atoms with van der Waals surface area (Å²) in [5, 5.41) is 0. The summed E-state index contributed by atoms with van der Waals surface area (Å²) in [6, 6.07) is 10.9. The molecule has 7 heterocycles. The highest BCUT2D eigenvalue weighted by molar-refractivity contribution is 5.99. The number of oxazole rings is 1. The number of imidazole rings is 1. The first-order valence-electron chi connectivity index (χ1n) is 13.4. The average molecular weight is 536 g/mol. The summed E-state index contributed by atoms with van der Waals surface area (Å²) in [6.07, 6.45) is 8.58. The number of likely N-dealkylation sites (N-methyl/N-ethyl adjacent to an activating group) is 1. The lowest BCUT2D eigenvalue weighted by Gasteiger charge is -2.32. The molecule has 11 nitrogen and oxygen atoms in total. The smallest absolute Gasteiger partial charge is 0.247 e. The molecule has 0 spiro atoms. The van der Waals surface area contributed by atoms with E-state index in [1.807, 2.05) is 41.8 Å². The lowest BCUT2D eigenvalue weighted by molar-refractivity contribution is 0.0978. The van der Waals surface area contributed by atoms with Crippen molar-refractivity contribution in [3.63, 3.8) is 0 Å². The molecule has 5 aromatic rings. The van der Waals surface area contributed by atoms with E-state index < -0.39 is 0 Å². The Morgan fingerprint density at radius 2 is 1.98 bits per heavy atom. The van der Waals surface area contributed by atoms with Gasteiger partial charge in [-0.15, -0.1) is 0 Å². The lowest BCUT2D eigenvalue weighted by Crippen LogP contribution is -2.44. The molecule has 0 aromatic carbocycles. The quantitative estimate of drug-likeness (QED) is 0.309. The highest BCUT2D eigenvalue weighted by Gasteiger charge is 2.41. The van der Waals surface area contributed by atoms with Gasteiger partial charge in [0.25, 0.3) is 0 Å². The standard InChI is InChI=1S/C29H29N9O2/c1-17-13-32-23-9-6-18(14-37(17)23)25-27(29-31-10-11-40-29)35-28(30)26(34-25)22(39)8-7-19-4-3-5-24(33-19)38-16-20-12-21(38)15-36(20)2/h3-6,9-11,13-14,20-21H,7-8,12,15-16H2,1-2H3,(H2,30,35)/t20-,21-/m0/s1. The van der Waals surface area contributed by atoms with Crippen LogP contribution in [0.15, 0.2) is 59.6 Å². The number of fused-ring (bicyclic) bond motifs is 3.